The second kappa shape index (κ2) is 5.48. The summed E-state index contributed by atoms with van der Waals surface area (Å²) >= 11 is 0. The van der Waals surface area contributed by atoms with Crippen molar-refractivity contribution in [3.8, 4) is 11.5 Å². The average Bonchev–Trinajstić information content (AvgIpc) is 2.38. The molecule has 1 aliphatic rings. The lowest BCUT2D eigenvalue weighted by atomic mass is 9.98. The Morgan fingerprint density at radius 2 is 1.78 bits per heavy atom. The third-order valence-corrected chi connectivity index (χ3v) is 3.58. The fourth-order valence-corrected chi connectivity index (χ4v) is 2.55. The topological polar surface area (TPSA) is 47.7 Å². The number of ether oxygens (including phenoxy) is 2. The molecule has 0 aromatic heterocycles. The van der Waals surface area contributed by atoms with Crippen LogP contribution in [0, 0.1) is 0 Å². The SMILES string of the molecule is COc1cc(OC)cc(N2CCC(N)CC2C)c1. The highest BCUT2D eigenvalue weighted by Gasteiger charge is 2.24. The molecule has 0 bridgehead atoms. The van der Waals surface area contributed by atoms with Crippen LogP contribution in [-0.4, -0.2) is 32.8 Å². The van der Waals surface area contributed by atoms with Crippen LogP contribution in [0.4, 0.5) is 5.69 Å². The number of piperidine rings is 1. The van der Waals surface area contributed by atoms with Gasteiger partial charge in [-0.25, -0.2) is 0 Å². The van der Waals surface area contributed by atoms with Crippen LogP contribution in [0.2, 0.25) is 0 Å². The zero-order valence-corrected chi connectivity index (χ0v) is 11.3. The summed E-state index contributed by atoms with van der Waals surface area (Å²) in [4.78, 5) is 2.37. The Hall–Kier alpha value is -1.42. The molecular formula is C14H22N2O2. The van der Waals surface area contributed by atoms with Crippen LogP contribution < -0.4 is 20.1 Å². The van der Waals surface area contributed by atoms with Gasteiger partial charge in [-0.15, -0.1) is 0 Å². The van der Waals surface area contributed by atoms with Gasteiger partial charge in [0.05, 0.1) is 14.2 Å². The van der Waals surface area contributed by atoms with Crippen LogP contribution in [0.25, 0.3) is 0 Å². The van der Waals surface area contributed by atoms with Crippen LogP contribution in [0.1, 0.15) is 19.8 Å². The Labute approximate surface area is 109 Å². The summed E-state index contributed by atoms with van der Waals surface area (Å²) < 4.78 is 10.6. The van der Waals surface area contributed by atoms with E-state index in [4.69, 9.17) is 15.2 Å². The summed E-state index contributed by atoms with van der Waals surface area (Å²) in [5, 5.41) is 0. The maximum Gasteiger partial charge on any atom is 0.124 e. The van der Waals surface area contributed by atoms with Crippen LogP contribution in [0.15, 0.2) is 18.2 Å². The molecule has 0 aliphatic carbocycles. The Morgan fingerprint density at radius 1 is 1.17 bits per heavy atom. The zero-order valence-electron chi connectivity index (χ0n) is 11.3. The van der Waals surface area contributed by atoms with Gasteiger partial charge in [0, 0.05) is 42.5 Å². The molecular weight excluding hydrogens is 228 g/mol. The van der Waals surface area contributed by atoms with E-state index in [-0.39, 0.29) is 0 Å². The molecule has 1 aromatic carbocycles. The van der Waals surface area contributed by atoms with E-state index < -0.39 is 0 Å². The summed E-state index contributed by atoms with van der Waals surface area (Å²) in [5.41, 5.74) is 7.15. The van der Waals surface area contributed by atoms with Crippen molar-refractivity contribution in [2.24, 2.45) is 5.73 Å². The van der Waals surface area contributed by atoms with Crippen molar-refractivity contribution in [1.29, 1.82) is 0 Å². The van der Waals surface area contributed by atoms with E-state index in [0.29, 0.717) is 12.1 Å². The number of hydrogen-bond donors (Lipinski definition) is 1. The summed E-state index contributed by atoms with van der Waals surface area (Å²) in [5.74, 6) is 1.65. The largest absolute Gasteiger partial charge is 0.497 e. The van der Waals surface area contributed by atoms with Crippen molar-refractivity contribution >= 4 is 5.69 Å². The van der Waals surface area contributed by atoms with Gasteiger partial charge in [-0.1, -0.05) is 0 Å². The number of anilines is 1. The monoisotopic (exact) mass is 250 g/mol. The number of nitrogens with two attached hydrogens (primary N) is 1. The lowest BCUT2D eigenvalue weighted by Crippen LogP contribution is -2.45. The van der Waals surface area contributed by atoms with Gasteiger partial charge in [-0.05, 0) is 19.8 Å². The number of rotatable bonds is 3. The minimum absolute atomic E-state index is 0.323. The molecule has 0 spiro atoms. The van der Waals surface area contributed by atoms with Crippen molar-refractivity contribution < 1.29 is 9.47 Å². The van der Waals surface area contributed by atoms with Crippen molar-refractivity contribution in [3.63, 3.8) is 0 Å². The third kappa shape index (κ3) is 2.70. The van der Waals surface area contributed by atoms with Gasteiger partial charge in [0.15, 0.2) is 0 Å². The number of nitrogens with zero attached hydrogens (tertiary/aromatic N) is 1. The first-order chi connectivity index (χ1) is 8.63. The molecule has 0 radical (unpaired) electrons. The molecule has 4 nitrogen and oxygen atoms in total. The van der Waals surface area contributed by atoms with Crippen LogP contribution in [-0.2, 0) is 0 Å². The first-order valence-corrected chi connectivity index (χ1v) is 6.39. The van der Waals surface area contributed by atoms with Crippen molar-refractivity contribution in [1.82, 2.24) is 0 Å². The Morgan fingerprint density at radius 3 is 2.28 bits per heavy atom. The highest BCUT2D eigenvalue weighted by Crippen LogP contribution is 2.31. The maximum atomic E-state index is 6.00. The second-order valence-corrected chi connectivity index (χ2v) is 4.90. The molecule has 1 heterocycles. The lowest BCUT2D eigenvalue weighted by Gasteiger charge is -2.38. The van der Waals surface area contributed by atoms with E-state index in [1.165, 1.54) is 0 Å². The van der Waals surface area contributed by atoms with Crippen molar-refractivity contribution in [2.45, 2.75) is 31.8 Å². The van der Waals surface area contributed by atoms with Gasteiger partial charge < -0.3 is 20.1 Å². The van der Waals surface area contributed by atoms with Gasteiger partial charge in [-0.3, -0.25) is 0 Å². The van der Waals surface area contributed by atoms with Crippen molar-refractivity contribution in [3.05, 3.63) is 18.2 Å². The van der Waals surface area contributed by atoms with E-state index in [9.17, 15) is 0 Å². The van der Waals surface area contributed by atoms with Crippen LogP contribution >= 0.6 is 0 Å². The average molecular weight is 250 g/mol. The molecule has 18 heavy (non-hydrogen) atoms. The Bertz CT molecular complexity index is 387. The Balaban J connectivity index is 2.26. The van der Waals surface area contributed by atoms with Gasteiger partial charge in [0.1, 0.15) is 11.5 Å². The normalized spacial score (nSPS) is 23.9. The molecule has 2 rings (SSSR count). The predicted molar refractivity (Wildman–Crippen MR) is 73.6 cm³/mol. The van der Waals surface area contributed by atoms with Crippen molar-refractivity contribution in [2.75, 3.05) is 25.7 Å². The quantitative estimate of drug-likeness (QED) is 0.891. The minimum Gasteiger partial charge on any atom is -0.497 e. The second-order valence-electron chi connectivity index (χ2n) is 4.90. The lowest BCUT2D eigenvalue weighted by molar-refractivity contribution is 0.392. The van der Waals surface area contributed by atoms with Crippen LogP contribution in [0.5, 0.6) is 11.5 Å². The maximum absolute atomic E-state index is 6.00. The van der Waals surface area contributed by atoms with Gasteiger partial charge >= 0.3 is 0 Å². The molecule has 4 heteroatoms. The summed E-state index contributed by atoms with van der Waals surface area (Å²) in [7, 11) is 3.35. The first-order valence-electron chi connectivity index (χ1n) is 6.39. The number of methoxy groups -OCH3 is 2. The molecule has 2 unspecified atom stereocenters. The summed E-state index contributed by atoms with van der Waals surface area (Å²) in [6.07, 6.45) is 2.06. The molecule has 2 N–H and O–H groups in total. The predicted octanol–water partition coefficient (Wildman–Crippen LogP) is 2.02. The van der Waals surface area contributed by atoms with E-state index in [1.807, 2.05) is 6.07 Å². The summed E-state index contributed by atoms with van der Waals surface area (Å²) in [6.45, 7) is 3.20. The zero-order chi connectivity index (χ0) is 13.1. The van der Waals surface area contributed by atoms with E-state index >= 15 is 0 Å². The van der Waals surface area contributed by atoms with E-state index in [2.05, 4.69) is 24.0 Å². The van der Waals surface area contributed by atoms with Gasteiger partial charge in [0.2, 0.25) is 0 Å². The van der Waals surface area contributed by atoms with Gasteiger partial charge in [0.25, 0.3) is 0 Å². The fourth-order valence-electron chi connectivity index (χ4n) is 2.55. The smallest absolute Gasteiger partial charge is 0.124 e. The fraction of sp³-hybridized carbons (Fsp3) is 0.571. The van der Waals surface area contributed by atoms with Crippen LogP contribution in [0.3, 0.4) is 0 Å². The third-order valence-electron chi connectivity index (χ3n) is 3.58. The standard InChI is InChI=1S/C14H22N2O2/c1-10-6-11(15)4-5-16(10)12-7-13(17-2)9-14(8-12)18-3/h7-11H,4-6,15H2,1-3H3. The molecule has 0 amide bonds. The number of hydrogen-bond acceptors (Lipinski definition) is 4. The summed E-state index contributed by atoms with van der Waals surface area (Å²) in [6, 6.07) is 6.77. The molecule has 1 fully saturated rings. The molecule has 0 saturated carbocycles. The highest BCUT2D eigenvalue weighted by molar-refractivity contribution is 5.56. The Kier molecular flexibility index (Phi) is 3.97. The molecule has 1 aliphatic heterocycles. The first kappa shape index (κ1) is 13.0. The number of benzene rings is 1. The molecule has 1 saturated heterocycles. The molecule has 1 aromatic rings. The molecule has 2 atom stereocenters. The molecule has 100 valence electrons. The van der Waals surface area contributed by atoms with E-state index in [0.717, 1.165) is 36.6 Å². The minimum atomic E-state index is 0.323. The van der Waals surface area contributed by atoms with Gasteiger partial charge in [-0.2, -0.15) is 0 Å². The highest BCUT2D eigenvalue weighted by atomic mass is 16.5. The van der Waals surface area contributed by atoms with E-state index in [1.54, 1.807) is 14.2 Å².